The van der Waals surface area contributed by atoms with Crippen molar-refractivity contribution < 1.29 is 4.79 Å². The van der Waals surface area contributed by atoms with Gasteiger partial charge < -0.3 is 5.32 Å². The van der Waals surface area contributed by atoms with Crippen molar-refractivity contribution in [3.05, 3.63) is 63.5 Å². The summed E-state index contributed by atoms with van der Waals surface area (Å²) in [6.07, 6.45) is 3.66. The Morgan fingerprint density at radius 1 is 1.38 bits per heavy atom. The van der Waals surface area contributed by atoms with Gasteiger partial charge in [0, 0.05) is 27.4 Å². The lowest BCUT2D eigenvalue weighted by atomic mass is 10.3. The van der Waals surface area contributed by atoms with Crippen LogP contribution in [0.3, 0.4) is 0 Å². The van der Waals surface area contributed by atoms with Gasteiger partial charge in [0.15, 0.2) is 5.16 Å². The Labute approximate surface area is 157 Å². The standard InChI is InChI=1S/C17H16BrN3OS2/c1-12(16(22)20-11-15-3-2-10-23-15)24-17-19-8-9-21(17)14-6-4-13(18)5-7-14/h2-10,12H,11H2,1H3,(H,20,22). The van der Waals surface area contributed by atoms with Crippen LogP contribution >= 0.6 is 39.0 Å². The van der Waals surface area contributed by atoms with E-state index in [2.05, 4.69) is 26.2 Å². The smallest absolute Gasteiger partial charge is 0.233 e. The predicted molar refractivity (Wildman–Crippen MR) is 103 cm³/mol. The summed E-state index contributed by atoms with van der Waals surface area (Å²) in [7, 11) is 0. The summed E-state index contributed by atoms with van der Waals surface area (Å²) >= 11 is 6.53. The van der Waals surface area contributed by atoms with E-state index in [9.17, 15) is 4.79 Å². The van der Waals surface area contributed by atoms with Crippen LogP contribution in [0, 0.1) is 0 Å². The Kier molecular flexibility index (Phi) is 5.76. The number of aromatic nitrogens is 2. The van der Waals surface area contributed by atoms with Crippen LogP contribution in [0.15, 0.2) is 63.8 Å². The van der Waals surface area contributed by atoms with Gasteiger partial charge in [0.05, 0.1) is 11.8 Å². The number of carbonyl (C=O) groups excluding carboxylic acids is 1. The van der Waals surface area contributed by atoms with Gasteiger partial charge in [-0.1, -0.05) is 33.8 Å². The van der Waals surface area contributed by atoms with Gasteiger partial charge in [-0.3, -0.25) is 9.36 Å². The number of carbonyl (C=O) groups is 1. The molecular weight excluding hydrogens is 406 g/mol. The van der Waals surface area contributed by atoms with Gasteiger partial charge in [-0.05, 0) is 42.6 Å². The van der Waals surface area contributed by atoms with Crippen molar-refractivity contribution in [2.45, 2.75) is 23.9 Å². The van der Waals surface area contributed by atoms with Crippen molar-refractivity contribution in [2.24, 2.45) is 0 Å². The largest absolute Gasteiger partial charge is 0.350 e. The average molecular weight is 422 g/mol. The highest BCUT2D eigenvalue weighted by Crippen LogP contribution is 2.25. The van der Waals surface area contributed by atoms with E-state index >= 15 is 0 Å². The molecule has 1 unspecified atom stereocenters. The highest BCUT2D eigenvalue weighted by molar-refractivity contribution is 9.10. The molecule has 0 saturated carbocycles. The fourth-order valence-corrected chi connectivity index (χ4v) is 3.93. The van der Waals surface area contributed by atoms with E-state index < -0.39 is 0 Å². The van der Waals surface area contributed by atoms with Gasteiger partial charge in [0.25, 0.3) is 0 Å². The molecule has 0 aliphatic rings. The zero-order valence-corrected chi connectivity index (χ0v) is 16.2. The fraction of sp³-hybridized carbons (Fsp3) is 0.176. The molecule has 0 radical (unpaired) electrons. The van der Waals surface area contributed by atoms with Crippen molar-refractivity contribution in [3.8, 4) is 5.69 Å². The highest BCUT2D eigenvalue weighted by atomic mass is 79.9. The SMILES string of the molecule is CC(Sc1nccn1-c1ccc(Br)cc1)C(=O)NCc1cccs1. The topological polar surface area (TPSA) is 46.9 Å². The van der Waals surface area contributed by atoms with Crippen LogP contribution in [0.2, 0.25) is 0 Å². The maximum atomic E-state index is 12.3. The van der Waals surface area contributed by atoms with E-state index in [1.165, 1.54) is 11.8 Å². The maximum Gasteiger partial charge on any atom is 0.233 e. The quantitative estimate of drug-likeness (QED) is 0.596. The molecule has 0 fully saturated rings. The van der Waals surface area contributed by atoms with Gasteiger partial charge in [0.1, 0.15) is 0 Å². The number of rotatable bonds is 6. The third-order valence-corrected chi connectivity index (χ3v) is 5.87. The molecule has 0 aliphatic carbocycles. The summed E-state index contributed by atoms with van der Waals surface area (Å²) in [6, 6.07) is 12.0. The molecule has 7 heteroatoms. The van der Waals surface area contributed by atoms with Crippen LogP contribution in [0.4, 0.5) is 0 Å². The minimum Gasteiger partial charge on any atom is -0.350 e. The van der Waals surface area contributed by atoms with E-state index in [1.807, 2.05) is 59.5 Å². The van der Waals surface area contributed by atoms with Gasteiger partial charge in [-0.25, -0.2) is 4.98 Å². The molecule has 0 aliphatic heterocycles. The van der Waals surface area contributed by atoms with Gasteiger partial charge in [-0.2, -0.15) is 0 Å². The van der Waals surface area contributed by atoms with E-state index in [0.717, 1.165) is 20.2 Å². The Hall–Kier alpha value is -1.57. The van der Waals surface area contributed by atoms with Crippen LogP contribution in [0.1, 0.15) is 11.8 Å². The van der Waals surface area contributed by atoms with E-state index in [1.54, 1.807) is 17.5 Å². The van der Waals surface area contributed by atoms with Gasteiger partial charge in [0.2, 0.25) is 5.91 Å². The third-order valence-electron chi connectivity index (χ3n) is 3.38. The van der Waals surface area contributed by atoms with Crippen LogP contribution < -0.4 is 5.32 Å². The molecule has 2 heterocycles. The summed E-state index contributed by atoms with van der Waals surface area (Å²) in [6.45, 7) is 2.47. The zero-order chi connectivity index (χ0) is 16.9. The lowest BCUT2D eigenvalue weighted by Gasteiger charge is -2.13. The van der Waals surface area contributed by atoms with E-state index in [0.29, 0.717) is 6.54 Å². The molecule has 1 amide bonds. The number of hydrogen-bond acceptors (Lipinski definition) is 4. The second-order valence-electron chi connectivity index (χ2n) is 5.11. The molecule has 3 aromatic rings. The summed E-state index contributed by atoms with van der Waals surface area (Å²) in [4.78, 5) is 17.8. The first-order valence-electron chi connectivity index (χ1n) is 7.39. The van der Waals surface area contributed by atoms with Gasteiger partial charge >= 0.3 is 0 Å². The average Bonchev–Trinajstić information content (AvgIpc) is 3.25. The minimum absolute atomic E-state index is 0.0127. The molecule has 1 aromatic carbocycles. The summed E-state index contributed by atoms with van der Waals surface area (Å²) in [5, 5.41) is 5.56. The van der Waals surface area contributed by atoms with E-state index in [-0.39, 0.29) is 11.2 Å². The molecule has 0 spiro atoms. The zero-order valence-electron chi connectivity index (χ0n) is 13.0. The van der Waals surface area contributed by atoms with Crippen LogP contribution in [0.5, 0.6) is 0 Å². The maximum absolute atomic E-state index is 12.3. The van der Waals surface area contributed by atoms with Crippen LogP contribution in [-0.2, 0) is 11.3 Å². The molecule has 124 valence electrons. The lowest BCUT2D eigenvalue weighted by Crippen LogP contribution is -2.30. The lowest BCUT2D eigenvalue weighted by molar-refractivity contribution is -0.120. The number of nitrogens with one attached hydrogen (secondary N) is 1. The number of halogens is 1. The Morgan fingerprint density at radius 2 is 2.17 bits per heavy atom. The second kappa shape index (κ2) is 8.00. The van der Waals surface area contributed by atoms with Crippen LogP contribution in [-0.4, -0.2) is 20.7 Å². The normalized spacial score (nSPS) is 12.1. The molecule has 1 atom stereocenters. The number of imidazole rings is 1. The Balaban J connectivity index is 1.64. The van der Waals surface area contributed by atoms with Crippen molar-refractivity contribution >= 4 is 44.9 Å². The monoisotopic (exact) mass is 421 g/mol. The van der Waals surface area contributed by atoms with Crippen molar-refractivity contribution in [1.82, 2.24) is 14.9 Å². The van der Waals surface area contributed by atoms with Crippen LogP contribution in [0.25, 0.3) is 5.69 Å². The molecule has 24 heavy (non-hydrogen) atoms. The predicted octanol–water partition coefficient (Wildman–Crippen LogP) is 4.49. The Bertz CT molecular complexity index is 800. The van der Waals surface area contributed by atoms with Crippen molar-refractivity contribution in [2.75, 3.05) is 0 Å². The first-order chi connectivity index (χ1) is 11.6. The number of benzene rings is 1. The number of amides is 1. The third kappa shape index (κ3) is 4.28. The molecule has 0 bridgehead atoms. The first kappa shape index (κ1) is 17.3. The van der Waals surface area contributed by atoms with Crippen molar-refractivity contribution in [3.63, 3.8) is 0 Å². The molecule has 4 nitrogen and oxygen atoms in total. The molecule has 2 aromatic heterocycles. The molecular formula is C17H16BrN3OS2. The number of nitrogens with zero attached hydrogens (tertiary/aromatic N) is 2. The number of thioether (sulfide) groups is 1. The number of hydrogen-bond donors (Lipinski definition) is 1. The fourth-order valence-electron chi connectivity index (χ4n) is 2.12. The van der Waals surface area contributed by atoms with Crippen molar-refractivity contribution in [1.29, 1.82) is 0 Å². The molecule has 0 saturated heterocycles. The number of thiophene rings is 1. The van der Waals surface area contributed by atoms with Gasteiger partial charge in [-0.15, -0.1) is 11.3 Å². The summed E-state index contributed by atoms with van der Waals surface area (Å²) < 4.78 is 3.02. The first-order valence-corrected chi connectivity index (χ1v) is 9.95. The molecule has 1 N–H and O–H groups in total. The molecule has 3 rings (SSSR count). The summed E-state index contributed by atoms with van der Waals surface area (Å²) in [5.74, 6) is 0.0127. The van der Waals surface area contributed by atoms with E-state index in [4.69, 9.17) is 0 Å². The highest BCUT2D eigenvalue weighted by Gasteiger charge is 2.17. The summed E-state index contributed by atoms with van der Waals surface area (Å²) in [5.41, 5.74) is 1.02. The second-order valence-corrected chi connectivity index (χ2v) is 8.37. The minimum atomic E-state index is -0.221. The Morgan fingerprint density at radius 3 is 2.88 bits per heavy atom.